The maximum atomic E-state index is 12.6. The lowest BCUT2D eigenvalue weighted by Crippen LogP contribution is -1.90. The third-order valence-corrected chi connectivity index (χ3v) is 1.45. The van der Waals surface area contributed by atoms with E-state index in [9.17, 15) is 14.5 Å². The molecule has 0 bridgehead atoms. The molecule has 12 heavy (non-hydrogen) atoms. The molecule has 5 heteroatoms. The number of phenolic OH excluding ortho intramolecular Hbond substituents is 1. The SMILES string of the molecule is Cc1cc([N+](=O)[O-])cc(F)c1O. The zero-order chi connectivity index (χ0) is 9.30. The molecule has 0 saturated carbocycles. The molecule has 1 aromatic rings. The first kappa shape index (κ1) is 8.45. The summed E-state index contributed by atoms with van der Waals surface area (Å²) in [5.41, 5.74) is -0.204. The van der Waals surface area contributed by atoms with Crippen molar-refractivity contribution in [3.63, 3.8) is 0 Å². The largest absolute Gasteiger partial charge is 0.505 e. The third-order valence-electron chi connectivity index (χ3n) is 1.45. The van der Waals surface area contributed by atoms with Crippen molar-refractivity contribution in [2.45, 2.75) is 6.92 Å². The first-order chi connectivity index (χ1) is 5.52. The summed E-state index contributed by atoms with van der Waals surface area (Å²) in [7, 11) is 0. The van der Waals surface area contributed by atoms with Crippen molar-refractivity contribution in [1.29, 1.82) is 0 Å². The molecule has 0 aliphatic heterocycles. The van der Waals surface area contributed by atoms with E-state index in [0.717, 1.165) is 6.07 Å². The van der Waals surface area contributed by atoms with Crippen LogP contribution in [0, 0.1) is 22.9 Å². The molecule has 1 N–H and O–H groups in total. The number of aromatic hydroxyl groups is 1. The predicted octanol–water partition coefficient (Wildman–Crippen LogP) is 1.75. The molecule has 0 saturated heterocycles. The minimum atomic E-state index is -0.971. The lowest BCUT2D eigenvalue weighted by Gasteiger charge is -1.98. The Balaban J connectivity index is 3.31. The fraction of sp³-hybridized carbons (Fsp3) is 0.143. The van der Waals surface area contributed by atoms with Gasteiger partial charge < -0.3 is 5.11 Å². The Morgan fingerprint density at radius 1 is 1.58 bits per heavy atom. The summed E-state index contributed by atoms with van der Waals surface area (Å²) in [6, 6.07) is 1.79. The smallest absolute Gasteiger partial charge is 0.272 e. The van der Waals surface area contributed by atoms with Gasteiger partial charge in [-0.2, -0.15) is 0 Å². The fourth-order valence-corrected chi connectivity index (χ4v) is 0.824. The van der Waals surface area contributed by atoms with Crippen molar-refractivity contribution in [2.75, 3.05) is 0 Å². The Morgan fingerprint density at radius 3 is 2.58 bits per heavy atom. The quantitative estimate of drug-likeness (QED) is 0.517. The number of hydrogen-bond acceptors (Lipinski definition) is 3. The highest BCUT2D eigenvalue weighted by molar-refractivity contribution is 5.43. The Labute approximate surface area is 67.4 Å². The van der Waals surface area contributed by atoms with E-state index in [0.29, 0.717) is 6.07 Å². The topological polar surface area (TPSA) is 63.4 Å². The van der Waals surface area contributed by atoms with Gasteiger partial charge in [-0.25, -0.2) is 4.39 Å². The number of benzene rings is 1. The van der Waals surface area contributed by atoms with Crippen LogP contribution in [0.15, 0.2) is 12.1 Å². The second-order valence-corrected chi connectivity index (χ2v) is 2.35. The van der Waals surface area contributed by atoms with Crippen LogP contribution in [0.1, 0.15) is 5.56 Å². The van der Waals surface area contributed by atoms with Crippen molar-refractivity contribution < 1.29 is 14.4 Å². The zero-order valence-electron chi connectivity index (χ0n) is 6.24. The number of non-ortho nitro benzene ring substituents is 1. The average Bonchev–Trinajstić information content (AvgIpc) is 1.99. The minimum Gasteiger partial charge on any atom is -0.505 e. The summed E-state index contributed by atoms with van der Waals surface area (Å²) in [4.78, 5) is 9.46. The molecule has 1 aromatic carbocycles. The Morgan fingerprint density at radius 2 is 2.17 bits per heavy atom. The van der Waals surface area contributed by atoms with E-state index in [-0.39, 0.29) is 11.3 Å². The number of nitro benzene ring substituents is 1. The van der Waals surface area contributed by atoms with Gasteiger partial charge in [0.2, 0.25) is 0 Å². The van der Waals surface area contributed by atoms with E-state index in [4.69, 9.17) is 5.11 Å². The van der Waals surface area contributed by atoms with Crippen LogP contribution in [0.5, 0.6) is 5.75 Å². The van der Waals surface area contributed by atoms with E-state index in [1.54, 1.807) is 0 Å². The molecule has 0 radical (unpaired) electrons. The van der Waals surface area contributed by atoms with Gasteiger partial charge in [-0.15, -0.1) is 0 Å². The molecular weight excluding hydrogens is 165 g/mol. The molecule has 0 amide bonds. The van der Waals surface area contributed by atoms with Crippen LogP contribution in [0.3, 0.4) is 0 Å². The van der Waals surface area contributed by atoms with Gasteiger partial charge in [-0.3, -0.25) is 10.1 Å². The monoisotopic (exact) mass is 171 g/mol. The van der Waals surface area contributed by atoms with E-state index in [1.807, 2.05) is 0 Å². The number of hydrogen-bond donors (Lipinski definition) is 1. The molecule has 0 unspecified atom stereocenters. The van der Waals surface area contributed by atoms with Crippen LogP contribution < -0.4 is 0 Å². The maximum Gasteiger partial charge on any atom is 0.272 e. The van der Waals surface area contributed by atoms with Gasteiger partial charge in [0.1, 0.15) is 0 Å². The van der Waals surface area contributed by atoms with Crippen LogP contribution in [0.2, 0.25) is 0 Å². The zero-order valence-corrected chi connectivity index (χ0v) is 6.24. The Bertz CT molecular complexity index is 314. The Kier molecular flexibility index (Phi) is 1.95. The first-order valence-electron chi connectivity index (χ1n) is 3.16. The normalized spacial score (nSPS) is 9.83. The molecule has 1 rings (SSSR count). The van der Waals surface area contributed by atoms with Crippen LogP contribution >= 0.6 is 0 Å². The van der Waals surface area contributed by atoms with Crippen LogP contribution in [-0.4, -0.2) is 10.0 Å². The lowest BCUT2D eigenvalue weighted by atomic mass is 10.2. The van der Waals surface area contributed by atoms with Crippen molar-refractivity contribution >= 4 is 5.69 Å². The van der Waals surface area contributed by atoms with Crippen molar-refractivity contribution in [2.24, 2.45) is 0 Å². The minimum absolute atomic E-state index is 0.154. The maximum absolute atomic E-state index is 12.6. The second-order valence-electron chi connectivity index (χ2n) is 2.35. The number of rotatable bonds is 1. The van der Waals surface area contributed by atoms with E-state index in [1.165, 1.54) is 6.92 Å². The summed E-state index contributed by atoms with van der Waals surface area (Å²) in [6.45, 7) is 1.39. The highest BCUT2D eigenvalue weighted by atomic mass is 19.1. The summed E-state index contributed by atoms with van der Waals surface area (Å²) in [6.07, 6.45) is 0. The molecular formula is C7H6FNO3. The van der Waals surface area contributed by atoms with Gasteiger partial charge in [-0.1, -0.05) is 0 Å². The van der Waals surface area contributed by atoms with Crippen LogP contribution in [0.4, 0.5) is 10.1 Å². The van der Waals surface area contributed by atoms with E-state index < -0.39 is 16.5 Å². The van der Waals surface area contributed by atoms with Gasteiger partial charge in [0, 0.05) is 11.6 Å². The molecule has 0 aliphatic rings. The molecule has 4 nitrogen and oxygen atoms in total. The first-order valence-corrected chi connectivity index (χ1v) is 3.16. The number of phenols is 1. The molecule has 0 fully saturated rings. The molecule has 0 atom stereocenters. The number of aryl methyl sites for hydroxylation is 1. The lowest BCUT2D eigenvalue weighted by molar-refractivity contribution is -0.385. The molecule has 0 aromatic heterocycles. The van der Waals surface area contributed by atoms with Gasteiger partial charge in [0.05, 0.1) is 11.0 Å². The standard InChI is InChI=1S/C7H6FNO3/c1-4-2-5(9(11)12)3-6(8)7(4)10/h2-3,10H,1H3. The van der Waals surface area contributed by atoms with Gasteiger partial charge >= 0.3 is 0 Å². The fourth-order valence-electron chi connectivity index (χ4n) is 0.824. The van der Waals surface area contributed by atoms with Crippen LogP contribution in [0.25, 0.3) is 0 Å². The van der Waals surface area contributed by atoms with Gasteiger partial charge in [0.25, 0.3) is 5.69 Å². The summed E-state index contributed by atoms with van der Waals surface area (Å²) >= 11 is 0. The van der Waals surface area contributed by atoms with E-state index >= 15 is 0 Å². The summed E-state index contributed by atoms with van der Waals surface area (Å²) in [5.74, 6) is -1.51. The number of nitrogens with zero attached hydrogens (tertiary/aromatic N) is 1. The summed E-state index contributed by atoms with van der Waals surface area (Å²) < 4.78 is 12.6. The molecule has 0 spiro atoms. The van der Waals surface area contributed by atoms with Gasteiger partial charge in [-0.05, 0) is 6.92 Å². The van der Waals surface area contributed by atoms with Crippen molar-refractivity contribution in [3.05, 3.63) is 33.6 Å². The van der Waals surface area contributed by atoms with E-state index in [2.05, 4.69) is 0 Å². The highest BCUT2D eigenvalue weighted by Gasteiger charge is 2.12. The third kappa shape index (κ3) is 1.34. The number of halogens is 1. The number of nitro groups is 1. The highest BCUT2D eigenvalue weighted by Crippen LogP contribution is 2.25. The molecule has 0 aliphatic carbocycles. The summed E-state index contributed by atoms with van der Waals surface area (Å²) in [5, 5.41) is 19.1. The average molecular weight is 171 g/mol. The van der Waals surface area contributed by atoms with Crippen molar-refractivity contribution in [3.8, 4) is 5.75 Å². The second kappa shape index (κ2) is 2.77. The van der Waals surface area contributed by atoms with Gasteiger partial charge in [0.15, 0.2) is 11.6 Å². The van der Waals surface area contributed by atoms with Crippen molar-refractivity contribution in [1.82, 2.24) is 0 Å². The molecule has 64 valence electrons. The molecule has 0 heterocycles. The van der Waals surface area contributed by atoms with Crippen LogP contribution in [-0.2, 0) is 0 Å². The Hall–Kier alpha value is -1.65. The predicted molar refractivity (Wildman–Crippen MR) is 39.5 cm³/mol.